The summed E-state index contributed by atoms with van der Waals surface area (Å²) in [7, 11) is 2.01. The number of rotatable bonds is 2. The molecule has 2 rings (SSSR count). The summed E-state index contributed by atoms with van der Waals surface area (Å²) in [5.41, 5.74) is 7.15. The van der Waals surface area contributed by atoms with Crippen LogP contribution in [0, 0.1) is 5.82 Å². The lowest BCUT2D eigenvalue weighted by Gasteiger charge is -2.33. The third kappa shape index (κ3) is 2.65. The molecule has 2 nitrogen and oxygen atoms in total. The van der Waals surface area contributed by atoms with E-state index in [1.165, 1.54) is 38.2 Å². The maximum absolute atomic E-state index is 13.2. The minimum atomic E-state index is -0.454. The molecule has 1 aliphatic rings. The van der Waals surface area contributed by atoms with Gasteiger partial charge in [-0.3, -0.25) is 0 Å². The first-order chi connectivity index (χ1) is 8.09. The average Bonchev–Trinajstić information content (AvgIpc) is 2.34. The molecule has 0 aliphatic heterocycles. The van der Waals surface area contributed by atoms with Crippen LogP contribution < -0.4 is 10.6 Å². The first kappa shape index (κ1) is 12.5. The fraction of sp³-hybridized carbons (Fsp3) is 0.538. The number of anilines is 2. The van der Waals surface area contributed by atoms with Crippen molar-refractivity contribution in [3.8, 4) is 0 Å². The number of hydrogen-bond acceptors (Lipinski definition) is 2. The van der Waals surface area contributed by atoms with Crippen LogP contribution in [0.15, 0.2) is 12.1 Å². The highest BCUT2D eigenvalue weighted by atomic mass is 35.5. The van der Waals surface area contributed by atoms with Crippen molar-refractivity contribution in [1.82, 2.24) is 0 Å². The van der Waals surface area contributed by atoms with Gasteiger partial charge in [0.25, 0.3) is 0 Å². The van der Waals surface area contributed by atoms with Crippen molar-refractivity contribution >= 4 is 23.0 Å². The Morgan fingerprint density at radius 2 is 1.94 bits per heavy atom. The van der Waals surface area contributed by atoms with Gasteiger partial charge in [0, 0.05) is 19.2 Å². The Hall–Kier alpha value is -0.960. The highest BCUT2D eigenvalue weighted by Gasteiger charge is 2.20. The SMILES string of the molecule is CN(c1cc(Cl)c(F)cc1N)C1CCCCC1. The van der Waals surface area contributed by atoms with E-state index in [4.69, 9.17) is 17.3 Å². The second-order valence-corrected chi connectivity index (χ2v) is 5.14. The van der Waals surface area contributed by atoms with Gasteiger partial charge in [-0.25, -0.2) is 4.39 Å². The number of nitrogen functional groups attached to an aromatic ring is 1. The minimum absolute atomic E-state index is 0.136. The molecular formula is C13H18ClFN2. The summed E-state index contributed by atoms with van der Waals surface area (Å²) in [5, 5.41) is 0.136. The van der Waals surface area contributed by atoms with E-state index in [0.717, 1.165) is 5.69 Å². The van der Waals surface area contributed by atoms with Crippen LogP contribution in [0.2, 0.25) is 5.02 Å². The summed E-state index contributed by atoms with van der Waals surface area (Å²) in [6.45, 7) is 0. The van der Waals surface area contributed by atoms with Crippen LogP contribution in [0.4, 0.5) is 15.8 Å². The smallest absolute Gasteiger partial charge is 0.143 e. The molecule has 0 heterocycles. The summed E-state index contributed by atoms with van der Waals surface area (Å²) in [6, 6.07) is 3.42. The van der Waals surface area contributed by atoms with E-state index >= 15 is 0 Å². The first-order valence-electron chi connectivity index (χ1n) is 6.07. The van der Waals surface area contributed by atoms with E-state index in [0.29, 0.717) is 11.7 Å². The molecule has 0 amide bonds. The maximum atomic E-state index is 13.2. The molecule has 4 heteroatoms. The lowest BCUT2D eigenvalue weighted by atomic mass is 9.94. The molecular weight excluding hydrogens is 239 g/mol. The zero-order valence-corrected chi connectivity index (χ0v) is 10.8. The standard InChI is InChI=1S/C13H18ClFN2/c1-17(9-5-3-2-4-6-9)13-7-10(14)11(15)8-12(13)16/h7-9H,2-6,16H2,1H3. The molecule has 94 valence electrons. The van der Waals surface area contributed by atoms with Crippen LogP contribution in [0.25, 0.3) is 0 Å². The lowest BCUT2D eigenvalue weighted by molar-refractivity contribution is 0.428. The van der Waals surface area contributed by atoms with Crippen molar-refractivity contribution in [2.45, 2.75) is 38.1 Å². The molecule has 17 heavy (non-hydrogen) atoms. The van der Waals surface area contributed by atoms with Crippen molar-refractivity contribution in [3.05, 3.63) is 23.0 Å². The third-order valence-corrected chi connectivity index (χ3v) is 3.86. The summed E-state index contributed by atoms with van der Waals surface area (Å²) in [5.74, 6) is -0.454. The Morgan fingerprint density at radius 1 is 1.29 bits per heavy atom. The molecule has 0 aromatic heterocycles. The zero-order valence-electron chi connectivity index (χ0n) is 10.0. The van der Waals surface area contributed by atoms with Crippen LogP contribution in [0.3, 0.4) is 0 Å². The maximum Gasteiger partial charge on any atom is 0.143 e. The van der Waals surface area contributed by atoms with Gasteiger partial charge >= 0.3 is 0 Å². The van der Waals surface area contributed by atoms with Gasteiger partial charge < -0.3 is 10.6 Å². The van der Waals surface area contributed by atoms with Gasteiger partial charge in [-0.2, -0.15) is 0 Å². The molecule has 1 saturated carbocycles. The Labute approximate surface area is 107 Å². The predicted molar refractivity (Wildman–Crippen MR) is 71.1 cm³/mol. The van der Waals surface area contributed by atoms with Gasteiger partial charge in [-0.05, 0) is 18.9 Å². The van der Waals surface area contributed by atoms with E-state index in [1.807, 2.05) is 7.05 Å². The topological polar surface area (TPSA) is 29.3 Å². The van der Waals surface area contributed by atoms with Crippen LogP contribution >= 0.6 is 11.6 Å². The number of nitrogens with zero attached hydrogens (tertiary/aromatic N) is 1. The molecule has 1 aromatic carbocycles. The van der Waals surface area contributed by atoms with E-state index < -0.39 is 5.82 Å². The van der Waals surface area contributed by atoms with Crippen molar-refractivity contribution in [2.75, 3.05) is 17.7 Å². The average molecular weight is 257 g/mol. The van der Waals surface area contributed by atoms with Gasteiger partial charge in [0.15, 0.2) is 0 Å². The first-order valence-corrected chi connectivity index (χ1v) is 6.44. The second kappa shape index (κ2) is 5.13. The molecule has 0 bridgehead atoms. The summed E-state index contributed by atoms with van der Waals surface area (Å²) < 4.78 is 13.2. The zero-order chi connectivity index (χ0) is 12.4. The number of nitrogens with two attached hydrogens (primary N) is 1. The summed E-state index contributed by atoms with van der Waals surface area (Å²) in [6.07, 6.45) is 6.16. The Bertz CT molecular complexity index is 403. The van der Waals surface area contributed by atoms with Gasteiger partial charge in [-0.1, -0.05) is 30.9 Å². The van der Waals surface area contributed by atoms with Crippen molar-refractivity contribution in [3.63, 3.8) is 0 Å². The van der Waals surface area contributed by atoms with Gasteiger partial charge in [0.05, 0.1) is 16.4 Å². The highest BCUT2D eigenvalue weighted by molar-refractivity contribution is 6.31. The number of halogens is 2. The molecule has 1 fully saturated rings. The summed E-state index contributed by atoms with van der Waals surface area (Å²) >= 11 is 5.81. The van der Waals surface area contributed by atoms with Crippen LogP contribution in [-0.2, 0) is 0 Å². The minimum Gasteiger partial charge on any atom is -0.397 e. The summed E-state index contributed by atoms with van der Waals surface area (Å²) in [4.78, 5) is 2.14. The Kier molecular flexibility index (Phi) is 3.77. The molecule has 0 radical (unpaired) electrons. The van der Waals surface area contributed by atoms with Gasteiger partial charge in [0.2, 0.25) is 0 Å². The molecule has 0 unspecified atom stereocenters. The van der Waals surface area contributed by atoms with Crippen LogP contribution in [-0.4, -0.2) is 13.1 Å². The number of benzene rings is 1. The number of hydrogen-bond donors (Lipinski definition) is 1. The molecule has 0 spiro atoms. The molecule has 0 saturated heterocycles. The predicted octanol–water partition coefficient (Wildman–Crippen LogP) is 3.83. The van der Waals surface area contributed by atoms with Crippen molar-refractivity contribution in [1.29, 1.82) is 0 Å². The Balaban J connectivity index is 2.23. The fourth-order valence-electron chi connectivity index (χ4n) is 2.52. The van der Waals surface area contributed by atoms with E-state index in [-0.39, 0.29) is 5.02 Å². The third-order valence-electron chi connectivity index (χ3n) is 3.57. The lowest BCUT2D eigenvalue weighted by Crippen LogP contribution is -2.33. The van der Waals surface area contributed by atoms with Crippen LogP contribution in [0.1, 0.15) is 32.1 Å². The quantitative estimate of drug-likeness (QED) is 0.815. The second-order valence-electron chi connectivity index (χ2n) is 4.73. The van der Waals surface area contributed by atoms with Crippen LogP contribution in [0.5, 0.6) is 0 Å². The molecule has 1 aromatic rings. The Morgan fingerprint density at radius 3 is 2.59 bits per heavy atom. The van der Waals surface area contributed by atoms with Gasteiger partial charge in [0.1, 0.15) is 5.82 Å². The van der Waals surface area contributed by atoms with Crippen molar-refractivity contribution in [2.24, 2.45) is 0 Å². The van der Waals surface area contributed by atoms with E-state index in [1.54, 1.807) is 6.07 Å². The highest BCUT2D eigenvalue weighted by Crippen LogP contribution is 2.33. The largest absolute Gasteiger partial charge is 0.397 e. The van der Waals surface area contributed by atoms with E-state index in [9.17, 15) is 4.39 Å². The van der Waals surface area contributed by atoms with Gasteiger partial charge in [-0.15, -0.1) is 0 Å². The molecule has 1 aliphatic carbocycles. The molecule has 2 N–H and O–H groups in total. The normalized spacial score (nSPS) is 17.1. The molecule has 0 atom stereocenters. The fourth-order valence-corrected chi connectivity index (χ4v) is 2.68. The van der Waals surface area contributed by atoms with E-state index in [2.05, 4.69) is 4.90 Å². The van der Waals surface area contributed by atoms with Crippen molar-refractivity contribution < 1.29 is 4.39 Å². The monoisotopic (exact) mass is 256 g/mol.